The second-order valence-corrected chi connectivity index (χ2v) is 2.40. The van der Waals surface area contributed by atoms with Gasteiger partial charge >= 0.3 is 0 Å². The van der Waals surface area contributed by atoms with E-state index in [1.807, 2.05) is 0 Å². The summed E-state index contributed by atoms with van der Waals surface area (Å²) in [6.07, 6.45) is 4.71. The maximum atomic E-state index is 8.33. The molecule has 0 aliphatic heterocycles. The van der Waals surface area contributed by atoms with Gasteiger partial charge in [0.25, 0.3) is 0 Å². The molecule has 3 N–H and O–H groups in total. The lowest BCUT2D eigenvalue weighted by molar-refractivity contribution is 0.318. The van der Waals surface area contributed by atoms with Gasteiger partial charge in [0, 0.05) is 10.6 Å². The lowest BCUT2D eigenvalue weighted by atomic mass is 10.2. The average molecular weight is 187 g/mol. The maximum absolute atomic E-state index is 8.33. The van der Waals surface area contributed by atoms with E-state index in [4.69, 9.17) is 22.5 Å². The smallest absolute Gasteiger partial charge is 0.170 e. The van der Waals surface area contributed by atoms with Gasteiger partial charge in [0.15, 0.2) is 5.84 Å². The molecule has 0 unspecified atom stereocenters. The lowest BCUT2D eigenvalue weighted by Crippen LogP contribution is -2.13. The first-order valence-corrected chi connectivity index (χ1v) is 3.67. The third kappa shape index (κ3) is 3.25. The summed E-state index contributed by atoms with van der Waals surface area (Å²) in [5.74, 6) is -0.00926. The van der Waals surface area contributed by atoms with Crippen LogP contribution in [0.4, 0.5) is 0 Å². The van der Waals surface area contributed by atoms with Crippen LogP contribution >= 0.6 is 11.6 Å². The van der Waals surface area contributed by atoms with Gasteiger partial charge in [0.05, 0.1) is 0 Å². The molecule has 0 aromatic rings. The quantitative estimate of drug-likeness (QED) is 0.233. The fraction of sp³-hybridized carbons (Fsp3) is 0.125. The summed E-state index contributed by atoms with van der Waals surface area (Å²) < 4.78 is 0. The van der Waals surface area contributed by atoms with Crippen LogP contribution in [-0.4, -0.2) is 11.0 Å². The van der Waals surface area contributed by atoms with Crippen molar-refractivity contribution in [2.45, 2.75) is 6.92 Å². The summed E-state index contributed by atoms with van der Waals surface area (Å²) in [5.41, 5.74) is 5.79. The number of nitrogens with zero attached hydrogens (tertiary/aromatic N) is 1. The molecule has 0 aromatic carbocycles. The van der Waals surface area contributed by atoms with E-state index in [0.29, 0.717) is 10.6 Å². The van der Waals surface area contributed by atoms with Crippen LogP contribution in [0, 0.1) is 0 Å². The lowest BCUT2D eigenvalue weighted by Gasteiger charge is -1.97. The Morgan fingerprint density at radius 3 is 2.58 bits per heavy atom. The molecule has 0 saturated heterocycles. The van der Waals surface area contributed by atoms with Crippen LogP contribution < -0.4 is 5.73 Å². The van der Waals surface area contributed by atoms with Gasteiger partial charge in [-0.1, -0.05) is 35.5 Å². The first kappa shape index (κ1) is 10.8. The van der Waals surface area contributed by atoms with Gasteiger partial charge in [-0.3, -0.25) is 0 Å². The molecule has 0 aliphatic carbocycles. The molecular formula is C8H11ClN2O. The predicted molar refractivity (Wildman–Crippen MR) is 51.3 cm³/mol. The van der Waals surface area contributed by atoms with Gasteiger partial charge in [0.2, 0.25) is 0 Å². The van der Waals surface area contributed by atoms with Crippen LogP contribution in [0.25, 0.3) is 0 Å². The molecule has 0 fully saturated rings. The first-order valence-electron chi connectivity index (χ1n) is 3.29. The van der Waals surface area contributed by atoms with Crippen LogP contribution in [0.1, 0.15) is 6.92 Å². The van der Waals surface area contributed by atoms with Crippen molar-refractivity contribution in [3.05, 3.63) is 35.4 Å². The molecule has 0 aromatic heterocycles. The summed E-state index contributed by atoms with van der Waals surface area (Å²) in [6, 6.07) is 0. The van der Waals surface area contributed by atoms with Crippen molar-refractivity contribution in [1.29, 1.82) is 0 Å². The summed E-state index contributed by atoms with van der Waals surface area (Å²) in [5, 5.41) is 11.7. The summed E-state index contributed by atoms with van der Waals surface area (Å²) in [4.78, 5) is 0. The third-order valence-electron chi connectivity index (χ3n) is 1.19. The minimum Gasteiger partial charge on any atom is -0.409 e. The molecule has 0 aliphatic rings. The number of oxime groups is 1. The Morgan fingerprint density at radius 1 is 1.67 bits per heavy atom. The van der Waals surface area contributed by atoms with Gasteiger partial charge in [-0.2, -0.15) is 0 Å². The minimum atomic E-state index is -0.00926. The van der Waals surface area contributed by atoms with Gasteiger partial charge in [-0.05, 0) is 13.0 Å². The molecule has 0 rings (SSSR count). The second-order valence-electron chi connectivity index (χ2n) is 1.96. The predicted octanol–water partition coefficient (Wildman–Crippen LogP) is 1.99. The largest absolute Gasteiger partial charge is 0.409 e. The van der Waals surface area contributed by atoms with Crippen LogP contribution in [0.2, 0.25) is 0 Å². The average Bonchev–Trinajstić information content (AvgIpc) is 2.12. The van der Waals surface area contributed by atoms with Gasteiger partial charge in [-0.15, -0.1) is 0 Å². The topological polar surface area (TPSA) is 58.6 Å². The van der Waals surface area contributed by atoms with Crippen LogP contribution in [0.5, 0.6) is 0 Å². The van der Waals surface area contributed by atoms with Crippen molar-refractivity contribution in [2.24, 2.45) is 10.9 Å². The number of hydrogen-bond acceptors (Lipinski definition) is 2. The molecule has 3 nitrogen and oxygen atoms in total. The van der Waals surface area contributed by atoms with Gasteiger partial charge < -0.3 is 10.9 Å². The Morgan fingerprint density at radius 2 is 2.25 bits per heavy atom. The molecule has 4 heteroatoms. The fourth-order valence-corrected chi connectivity index (χ4v) is 0.645. The molecular weight excluding hydrogens is 176 g/mol. The number of nitrogens with two attached hydrogens (primary N) is 1. The molecule has 0 radical (unpaired) electrons. The normalized spacial score (nSPS) is 14.7. The molecule has 0 amide bonds. The SMILES string of the molecule is C=CC(=C\C(Cl)=C/C)/C(N)=N\O. The van der Waals surface area contributed by atoms with E-state index < -0.39 is 0 Å². The van der Waals surface area contributed by atoms with Crippen molar-refractivity contribution in [2.75, 3.05) is 0 Å². The zero-order valence-electron chi connectivity index (χ0n) is 6.79. The summed E-state index contributed by atoms with van der Waals surface area (Å²) >= 11 is 5.68. The third-order valence-corrected chi connectivity index (χ3v) is 1.52. The van der Waals surface area contributed by atoms with Crippen molar-refractivity contribution in [1.82, 2.24) is 0 Å². The molecule has 66 valence electrons. The Labute approximate surface area is 76.5 Å². The van der Waals surface area contributed by atoms with Crippen molar-refractivity contribution in [3.8, 4) is 0 Å². The van der Waals surface area contributed by atoms with Crippen LogP contribution in [0.15, 0.2) is 40.6 Å². The Hall–Kier alpha value is -1.22. The number of hydrogen-bond donors (Lipinski definition) is 2. The molecule has 0 heterocycles. The number of amidine groups is 1. The highest BCUT2D eigenvalue weighted by molar-refractivity contribution is 6.31. The molecule has 0 atom stereocenters. The second kappa shape index (κ2) is 5.43. The van der Waals surface area contributed by atoms with Crippen LogP contribution in [-0.2, 0) is 0 Å². The zero-order chi connectivity index (χ0) is 9.56. The zero-order valence-corrected chi connectivity index (χ0v) is 7.54. The van der Waals surface area contributed by atoms with Gasteiger partial charge in [-0.25, -0.2) is 0 Å². The summed E-state index contributed by atoms with van der Waals surface area (Å²) in [6.45, 7) is 5.27. The van der Waals surface area contributed by atoms with Crippen molar-refractivity contribution in [3.63, 3.8) is 0 Å². The van der Waals surface area contributed by atoms with Crippen molar-refractivity contribution < 1.29 is 5.21 Å². The molecule has 12 heavy (non-hydrogen) atoms. The van der Waals surface area contributed by atoms with E-state index in [1.54, 1.807) is 19.1 Å². The molecule has 0 saturated carbocycles. The van der Waals surface area contributed by atoms with E-state index in [9.17, 15) is 0 Å². The Balaban J connectivity index is 4.79. The van der Waals surface area contributed by atoms with Gasteiger partial charge in [0.1, 0.15) is 0 Å². The minimum absolute atomic E-state index is 0.00926. The monoisotopic (exact) mass is 186 g/mol. The summed E-state index contributed by atoms with van der Waals surface area (Å²) in [7, 11) is 0. The van der Waals surface area contributed by atoms with E-state index in [2.05, 4.69) is 11.7 Å². The number of allylic oxidation sites excluding steroid dienone is 3. The molecule has 0 spiro atoms. The highest BCUT2D eigenvalue weighted by Gasteiger charge is 1.98. The van der Waals surface area contributed by atoms with E-state index in [0.717, 1.165) is 0 Å². The Bertz CT molecular complexity index is 254. The number of halogens is 1. The Kier molecular flexibility index (Phi) is 4.88. The molecule has 0 bridgehead atoms. The maximum Gasteiger partial charge on any atom is 0.170 e. The fourth-order valence-electron chi connectivity index (χ4n) is 0.527. The first-order chi connectivity index (χ1) is 5.65. The standard InChI is InChI=1S/C8H11ClN2O/c1-3-6(8(10)11-12)5-7(9)4-2/h3-5,12H,1H2,2H3,(H2,10,11)/b6-5+,7-4+. The van der Waals surface area contributed by atoms with Crippen LogP contribution in [0.3, 0.4) is 0 Å². The van der Waals surface area contributed by atoms with E-state index >= 15 is 0 Å². The number of rotatable bonds is 3. The van der Waals surface area contributed by atoms with E-state index in [1.165, 1.54) is 6.08 Å². The van der Waals surface area contributed by atoms with E-state index in [-0.39, 0.29) is 5.84 Å². The van der Waals surface area contributed by atoms with Crippen molar-refractivity contribution >= 4 is 17.4 Å². The highest BCUT2D eigenvalue weighted by atomic mass is 35.5. The highest BCUT2D eigenvalue weighted by Crippen LogP contribution is 2.07.